The first-order valence-electron chi connectivity index (χ1n) is 23.5. The van der Waals surface area contributed by atoms with Crippen molar-refractivity contribution < 1.29 is 52.9 Å². The number of nitrogens with one attached hydrogen (secondary N) is 2. The summed E-state index contributed by atoms with van der Waals surface area (Å²) in [7, 11) is 6.21. The number of amides is 7. The normalized spacial score (nSPS) is 18.7. The van der Waals surface area contributed by atoms with Gasteiger partial charge in [0.2, 0.25) is 29.5 Å². The highest BCUT2D eigenvalue weighted by molar-refractivity contribution is 6.12. The molecule has 7 amide bonds. The summed E-state index contributed by atoms with van der Waals surface area (Å²) in [6.07, 6.45) is 4.72. The molecule has 1 unspecified atom stereocenters. The van der Waals surface area contributed by atoms with E-state index >= 15 is 0 Å². The van der Waals surface area contributed by atoms with Crippen LogP contribution in [0.5, 0.6) is 0 Å². The standard InChI is InChI=1S/C49H76N6O11/c1-12-32(6)44(37(65-10)29-41(59)54-27-19-22-36(54)45(66-11)33(7)46(60)50-35(49(63)64)28-34-20-15-13-16-21-34)53(9)48(62)42(30(2)3)51-47(61)43(31(4)5)52(8)38(56)23-17-14-18-26-55-39(57)24-25-40(55)58/h13,15-16,20-21,24-25,30-33,35-37,42-45H,12,14,17-19,22-23,26-29H2,1-11H3,(H,50,60)(H,51,61)(H,63,64)/t32-,33+,35?,36-,37+,42-,43-,44-,45+/m0/s1. The molecule has 1 aromatic carbocycles. The zero-order valence-electron chi connectivity index (χ0n) is 41.0. The molecule has 3 N–H and O–H groups in total. The zero-order valence-corrected chi connectivity index (χ0v) is 41.0. The van der Waals surface area contributed by atoms with Crippen LogP contribution in [0.3, 0.4) is 0 Å². The molecule has 2 aliphatic rings. The number of unbranched alkanes of at least 4 members (excludes halogenated alkanes) is 2. The van der Waals surface area contributed by atoms with E-state index in [0.717, 1.165) is 5.56 Å². The monoisotopic (exact) mass is 925 g/mol. The van der Waals surface area contributed by atoms with Gasteiger partial charge >= 0.3 is 5.97 Å². The molecule has 0 spiro atoms. The summed E-state index contributed by atoms with van der Waals surface area (Å²) in [6, 6.07) is 4.97. The minimum Gasteiger partial charge on any atom is -0.480 e. The van der Waals surface area contributed by atoms with Gasteiger partial charge < -0.3 is 39.9 Å². The smallest absolute Gasteiger partial charge is 0.326 e. The first kappa shape index (κ1) is 55.2. The Hall–Kier alpha value is -5.16. The number of ether oxygens (including phenoxy) is 2. The van der Waals surface area contributed by atoms with E-state index in [-0.39, 0.29) is 73.1 Å². The van der Waals surface area contributed by atoms with Crippen molar-refractivity contribution in [2.24, 2.45) is 23.7 Å². The van der Waals surface area contributed by atoms with E-state index in [4.69, 9.17) is 9.47 Å². The Labute approximate surface area is 391 Å². The quantitative estimate of drug-likeness (QED) is 0.0853. The minimum atomic E-state index is -1.16. The van der Waals surface area contributed by atoms with Gasteiger partial charge in [0.05, 0.1) is 36.6 Å². The molecule has 0 aliphatic carbocycles. The molecule has 9 atom stereocenters. The molecule has 0 bridgehead atoms. The molecule has 17 heteroatoms. The Morgan fingerprint density at radius 2 is 1.47 bits per heavy atom. The third kappa shape index (κ3) is 14.7. The van der Waals surface area contributed by atoms with Gasteiger partial charge in [-0.2, -0.15) is 0 Å². The maximum atomic E-state index is 14.6. The van der Waals surface area contributed by atoms with Gasteiger partial charge in [-0.15, -0.1) is 0 Å². The number of nitrogens with zero attached hydrogens (tertiary/aromatic N) is 4. The second-order valence-corrected chi connectivity index (χ2v) is 18.6. The lowest BCUT2D eigenvalue weighted by molar-refractivity contribution is -0.149. The second kappa shape index (κ2) is 26.2. The van der Waals surface area contributed by atoms with E-state index in [1.54, 1.807) is 55.1 Å². The largest absolute Gasteiger partial charge is 0.480 e. The average Bonchev–Trinajstić information content (AvgIpc) is 3.89. The van der Waals surface area contributed by atoms with Gasteiger partial charge in [-0.3, -0.25) is 38.5 Å². The summed E-state index contributed by atoms with van der Waals surface area (Å²) >= 11 is 0. The van der Waals surface area contributed by atoms with Crippen LogP contribution >= 0.6 is 0 Å². The number of likely N-dealkylation sites (tertiary alicyclic amines) is 1. The van der Waals surface area contributed by atoms with Crippen LogP contribution in [0.15, 0.2) is 42.5 Å². The van der Waals surface area contributed by atoms with Crippen molar-refractivity contribution in [2.45, 2.75) is 149 Å². The van der Waals surface area contributed by atoms with Crippen molar-refractivity contribution >= 4 is 47.3 Å². The minimum absolute atomic E-state index is 0.0818. The molecule has 1 fully saturated rings. The van der Waals surface area contributed by atoms with Gasteiger partial charge in [-0.05, 0) is 49.0 Å². The van der Waals surface area contributed by atoms with Crippen LogP contribution in [0.1, 0.15) is 105 Å². The molecule has 1 aromatic rings. The molecule has 2 heterocycles. The molecule has 2 aliphatic heterocycles. The fourth-order valence-electron chi connectivity index (χ4n) is 9.26. The molecule has 1 saturated heterocycles. The van der Waals surface area contributed by atoms with Gasteiger partial charge in [-0.1, -0.05) is 91.6 Å². The van der Waals surface area contributed by atoms with Crippen LogP contribution < -0.4 is 10.6 Å². The highest BCUT2D eigenvalue weighted by atomic mass is 16.5. The third-order valence-electron chi connectivity index (χ3n) is 13.3. The number of methoxy groups -OCH3 is 2. The number of hydrogen-bond acceptors (Lipinski definition) is 10. The van der Waals surface area contributed by atoms with Gasteiger partial charge in [0, 0.05) is 66.4 Å². The number of hydrogen-bond donors (Lipinski definition) is 3. The third-order valence-corrected chi connectivity index (χ3v) is 13.3. The van der Waals surface area contributed by atoms with Crippen molar-refractivity contribution in [3.63, 3.8) is 0 Å². The Kier molecular flexibility index (Phi) is 21.9. The number of carbonyl (C=O) groups excluding carboxylic acids is 7. The van der Waals surface area contributed by atoms with Crippen LogP contribution in [0.4, 0.5) is 0 Å². The molecule has 368 valence electrons. The predicted octanol–water partition coefficient (Wildman–Crippen LogP) is 3.83. The molecule has 66 heavy (non-hydrogen) atoms. The summed E-state index contributed by atoms with van der Waals surface area (Å²) < 4.78 is 11.9. The number of carboxylic acids is 1. The zero-order chi connectivity index (χ0) is 49.4. The van der Waals surface area contributed by atoms with E-state index in [9.17, 15) is 43.5 Å². The predicted molar refractivity (Wildman–Crippen MR) is 248 cm³/mol. The molecule has 0 aromatic heterocycles. The molecular weight excluding hydrogens is 849 g/mol. The van der Waals surface area contributed by atoms with E-state index in [0.29, 0.717) is 45.1 Å². The number of carboxylic acid groups (broad SMARTS) is 1. The lowest BCUT2D eigenvalue weighted by Crippen LogP contribution is -2.60. The van der Waals surface area contributed by atoms with Crippen LogP contribution in [-0.4, -0.2) is 156 Å². The van der Waals surface area contributed by atoms with E-state index in [1.165, 1.54) is 36.2 Å². The van der Waals surface area contributed by atoms with Crippen LogP contribution in [0, 0.1) is 23.7 Å². The van der Waals surface area contributed by atoms with Gasteiger partial charge in [0.1, 0.15) is 18.1 Å². The fourth-order valence-corrected chi connectivity index (χ4v) is 9.26. The lowest BCUT2D eigenvalue weighted by atomic mass is 9.89. The van der Waals surface area contributed by atoms with Crippen molar-refractivity contribution in [3.05, 3.63) is 48.0 Å². The van der Waals surface area contributed by atoms with Crippen LogP contribution in [0.2, 0.25) is 0 Å². The number of likely N-dealkylation sites (N-methyl/N-ethyl adjacent to an activating group) is 2. The first-order chi connectivity index (χ1) is 31.2. The number of carbonyl (C=O) groups is 8. The number of aliphatic carboxylic acids is 1. The molecule has 0 saturated carbocycles. The van der Waals surface area contributed by atoms with Crippen molar-refractivity contribution in [1.82, 2.24) is 30.2 Å². The summed E-state index contributed by atoms with van der Waals surface area (Å²) in [4.78, 5) is 112. The number of imide groups is 1. The van der Waals surface area contributed by atoms with E-state index in [1.807, 2.05) is 47.6 Å². The Morgan fingerprint density at radius 1 is 0.833 bits per heavy atom. The van der Waals surface area contributed by atoms with Crippen molar-refractivity contribution in [1.29, 1.82) is 0 Å². The maximum Gasteiger partial charge on any atom is 0.326 e. The Bertz CT molecular complexity index is 1840. The lowest BCUT2D eigenvalue weighted by Gasteiger charge is -2.41. The molecule has 3 rings (SSSR count). The van der Waals surface area contributed by atoms with Gasteiger partial charge in [0.25, 0.3) is 11.8 Å². The molecule has 17 nitrogen and oxygen atoms in total. The Balaban J connectivity index is 1.71. The van der Waals surface area contributed by atoms with E-state index < -0.39 is 66.1 Å². The number of rotatable bonds is 27. The molecule has 0 radical (unpaired) electrons. The summed E-state index contributed by atoms with van der Waals surface area (Å²) in [6.45, 7) is 13.6. The van der Waals surface area contributed by atoms with E-state index in [2.05, 4.69) is 10.6 Å². The average molecular weight is 925 g/mol. The second-order valence-electron chi connectivity index (χ2n) is 18.6. The SMILES string of the molecule is CC[C@H](C)[C@@H]([C@@H](CC(=O)N1CCC[C@H]1[C@H](OC)[C@@H](C)C(=O)NC(Cc1ccccc1)C(=O)O)OC)N(C)C(=O)[C@@H](NC(=O)[C@H](C(C)C)N(C)C(=O)CCCCCN1C(=O)C=CC1=O)C(C)C. The van der Waals surface area contributed by atoms with Crippen LogP contribution in [0.25, 0.3) is 0 Å². The highest BCUT2D eigenvalue weighted by Gasteiger charge is 2.44. The van der Waals surface area contributed by atoms with Crippen molar-refractivity contribution in [3.8, 4) is 0 Å². The number of benzene rings is 1. The highest BCUT2D eigenvalue weighted by Crippen LogP contribution is 2.30. The van der Waals surface area contributed by atoms with Crippen molar-refractivity contribution in [2.75, 3.05) is 41.4 Å². The Morgan fingerprint density at radius 3 is 2.02 bits per heavy atom. The summed E-state index contributed by atoms with van der Waals surface area (Å²) in [5.74, 6) is -5.24. The first-order valence-corrected chi connectivity index (χ1v) is 23.5. The topological polar surface area (TPSA) is 212 Å². The maximum absolute atomic E-state index is 14.6. The van der Waals surface area contributed by atoms with Crippen LogP contribution in [-0.2, 0) is 54.3 Å². The summed E-state index contributed by atoms with van der Waals surface area (Å²) in [5, 5.41) is 15.6. The summed E-state index contributed by atoms with van der Waals surface area (Å²) in [5.41, 5.74) is 0.762. The van der Waals surface area contributed by atoms with Gasteiger partial charge in [-0.25, -0.2) is 4.79 Å². The fraction of sp³-hybridized carbons (Fsp3) is 0.673. The molecular formula is C49H76N6O11. The van der Waals surface area contributed by atoms with Gasteiger partial charge in [0.15, 0.2) is 0 Å².